The molecule has 0 bridgehead atoms. The lowest BCUT2D eigenvalue weighted by atomic mass is 9.77. The van der Waals surface area contributed by atoms with Crippen molar-refractivity contribution in [3.63, 3.8) is 0 Å². The fraction of sp³-hybridized carbons (Fsp3) is 0.897. The third-order valence-corrected chi connectivity index (χ3v) is 11.9. The number of hydrogen-bond acceptors (Lipinski definition) is 10. The molecule has 0 saturated carbocycles. The van der Waals surface area contributed by atoms with Crippen LogP contribution in [0.3, 0.4) is 0 Å². The van der Waals surface area contributed by atoms with Crippen LogP contribution in [0.1, 0.15) is 162 Å². The fourth-order valence-corrected chi connectivity index (χ4v) is 9.37. The van der Waals surface area contributed by atoms with Gasteiger partial charge in [-0.1, -0.05) is 89.7 Å². The van der Waals surface area contributed by atoms with E-state index in [0.29, 0.717) is 25.9 Å². The number of allylic oxidation sites excluding steroid dienone is 1. The minimum atomic E-state index is -1.35. The van der Waals surface area contributed by atoms with Crippen molar-refractivity contribution in [3.8, 4) is 0 Å². The van der Waals surface area contributed by atoms with E-state index in [1.165, 1.54) is 58.5 Å². The van der Waals surface area contributed by atoms with Crippen LogP contribution in [0.2, 0.25) is 0 Å². The average Bonchev–Trinajstić information content (AvgIpc) is 3.28. The molecular weight excluding hydrogens is 622 g/mol. The molecule has 280 valence electrons. The van der Waals surface area contributed by atoms with Crippen molar-refractivity contribution in [1.29, 1.82) is 0 Å². The Bertz CT molecular complexity index is 1090. The van der Waals surface area contributed by atoms with Gasteiger partial charge in [0.2, 0.25) is 0 Å². The van der Waals surface area contributed by atoms with Crippen LogP contribution in [-0.2, 0) is 28.5 Å². The van der Waals surface area contributed by atoms with Gasteiger partial charge in [-0.15, -0.1) is 0 Å². The van der Waals surface area contributed by atoms with E-state index in [1.54, 1.807) is 0 Å². The Hall–Kier alpha value is -1.56. The largest absolute Gasteiger partial charge is 0.469 e. The fourth-order valence-electron chi connectivity index (χ4n) is 9.37. The highest BCUT2D eigenvalue weighted by molar-refractivity contribution is 5.76. The predicted molar refractivity (Wildman–Crippen MR) is 189 cm³/mol. The van der Waals surface area contributed by atoms with Gasteiger partial charge >= 0.3 is 11.9 Å². The normalized spacial score (nSPS) is 35.7. The topological polar surface area (TPSA) is 119 Å². The van der Waals surface area contributed by atoms with Crippen molar-refractivity contribution in [3.05, 3.63) is 12.2 Å². The predicted octanol–water partition coefficient (Wildman–Crippen LogP) is 6.94. The number of aliphatic hydroxyl groups is 1. The minimum absolute atomic E-state index is 0.0199. The molecule has 0 aromatic carbocycles. The van der Waals surface area contributed by atoms with Crippen LogP contribution in [0, 0.1) is 5.92 Å². The zero-order valence-corrected chi connectivity index (χ0v) is 30.9. The number of carbonyl (C=O) groups excluding carboxylic acids is 2. The Morgan fingerprint density at radius 2 is 1.57 bits per heavy atom. The van der Waals surface area contributed by atoms with Crippen LogP contribution in [0.25, 0.3) is 0 Å². The van der Waals surface area contributed by atoms with E-state index in [1.807, 2.05) is 0 Å². The maximum atomic E-state index is 14.0. The number of unbranched alkanes of at least 4 members (excludes halogenated alkanes) is 12. The third kappa shape index (κ3) is 9.66. The second kappa shape index (κ2) is 18.3. The molecule has 5 aliphatic heterocycles. The molecule has 3 N–H and O–H groups in total. The van der Waals surface area contributed by atoms with Crippen LogP contribution in [0.5, 0.6) is 0 Å². The molecule has 5 heterocycles. The number of carbonyl (C=O) groups is 2. The van der Waals surface area contributed by atoms with E-state index < -0.39 is 23.1 Å². The highest BCUT2D eigenvalue weighted by Crippen LogP contribution is 2.53. The molecule has 10 nitrogen and oxygen atoms in total. The van der Waals surface area contributed by atoms with E-state index in [4.69, 9.17) is 18.9 Å². The molecule has 5 aliphatic rings. The lowest BCUT2D eigenvalue weighted by Crippen LogP contribution is -2.85. The van der Waals surface area contributed by atoms with Crippen LogP contribution >= 0.6 is 0 Å². The first-order chi connectivity index (χ1) is 23.7. The van der Waals surface area contributed by atoms with Gasteiger partial charge in [-0.25, -0.2) is 4.90 Å². The number of methoxy groups -OCH3 is 1. The van der Waals surface area contributed by atoms with Crippen molar-refractivity contribution in [2.75, 3.05) is 13.7 Å². The van der Waals surface area contributed by atoms with Gasteiger partial charge in [0.15, 0.2) is 0 Å². The molecule has 10 heteroatoms. The molecule has 8 atom stereocenters. The zero-order valence-electron chi connectivity index (χ0n) is 30.9. The van der Waals surface area contributed by atoms with Gasteiger partial charge in [-0.05, 0) is 71.1 Å². The lowest BCUT2D eigenvalue weighted by Gasteiger charge is -2.63. The Kier molecular flexibility index (Phi) is 14.4. The summed E-state index contributed by atoms with van der Waals surface area (Å²) in [6.07, 6.45) is 27.1. The second-order valence-electron chi connectivity index (χ2n) is 15.6. The Morgan fingerprint density at radius 3 is 2.22 bits per heavy atom. The lowest BCUT2D eigenvalue weighted by molar-refractivity contribution is -0.316. The molecule has 0 radical (unpaired) electrons. The van der Waals surface area contributed by atoms with Gasteiger partial charge in [-0.3, -0.25) is 20.2 Å². The van der Waals surface area contributed by atoms with Crippen LogP contribution in [-0.4, -0.2) is 77.4 Å². The van der Waals surface area contributed by atoms with Gasteiger partial charge in [-0.2, -0.15) is 0 Å². The quantitative estimate of drug-likeness (QED) is 0.0794. The van der Waals surface area contributed by atoms with Gasteiger partial charge < -0.3 is 24.1 Å². The standard InChI is InChI=1S/C39H67N3O7/c1-4-32-22-17-18-25-37(49-32)29-31-24-27-39(45)34(38(26-20-21-30(2)48-38)41-36(40-37)42(31)39)35(44)47-28-19-15-13-11-9-7-5-6-8-10-12-14-16-23-33(43)46-3/h17,22,30-32,34,36,40-41,45H,4-16,18-21,23-29H2,1-3H3/t30-,31+,32+,34?,36?,37+,38-,39+/m1/s1. The molecule has 2 spiro atoms. The first-order valence-electron chi connectivity index (χ1n) is 20.1. The molecular formula is C39H67N3O7. The molecule has 4 saturated heterocycles. The summed E-state index contributed by atoms with van der Waals surface area (Å²) in [7, 11) is 1.45. The summed E-state index contributed by atoms with van der Waals surface area (Å²) in [5.74, 6) is -1.26. The molecule has 0 aliphatic carbocycles. The van der Waals surface area contributed by atoms with Gasteiger partial charge in [0.1, 0.15) is 29.4 Å². The smallest absolute Gasteiger partial charge is 0.317 e. The van der Waals surface area contributed by atoms with Gasteiger partial charge in [0.25, 0.3) is 0 Å². The number of ether oxygens (including phenoxy) is 4. The SMILES string of the molecule is CC[C@H]1C=CCC[C@@]2(C[C@@H]3CC[C@]4(O)C(C(=O)OCCCCCCCCCCCCCCCC(=O)OC)[C@]5(CCC[C@@H](C)O5)NC(N2)N34)O1. The van der Waals surface area contributed by atoms with Crippen molar-refractivity contribution in [1.82, 2.24) is 15.5 Å². The van der Waals surface area contributed by atoms with E-state index in [9.17, 15) is 14.7 Å². The second-order valence-corrected chi connectivity index (χ2v) is 15.6. The maximum Gasteiger partial charge on any atom is 0.317 e. The summed E-state index contributed by atoms with van der Waals surface area (Å²) in [5.41, 5.74) is -2.83. The number of nitrogens with zero attached hydrogens (tertiary/aromatic N) is 1. The number of nitrogens with one attached hydrogen (secondary N) is 2. The maximum absolute atomic E-state index is 14.0. The Balaban J connectivity index is 1.05. The zero-order chi connectivity index (χ0) is 34.7. The van der Waals surface area contributed by atoms with Crippen molar-refractivity contribution < 1.29 is 33.6 Å². The van der Waals surface area contributed by atoms with Crippen molar-refractivity contribution in [2.24, 2.45) is 5.92 Å². The third-order valence-electron chi connectivity index (χ3n) is 11.9. The number of hydrogen-bond donors (Lipinski definition) is 3. The van der Waals surface area contributed by atoms with Crippen molar-refractivity contribution in [2.45, 2.75) is 203 Å². The van der Waals surface area contributed by atoms with Gasteiger partial charge in [0.05, 0.1) is 25.9 Å². The Morgan fingerprint density at radius 1 is 0.898 bits per heavy atom. The first kappa shape index (κ1) is 38.7. The summed E-state index contributed by atoms with van der Waals surface area (Å²) in [5, 5.41) is 20.1. The first-order valence-corrected chi connectivity index (χ1v) is 20.1. The molecule has 49 heavy (non-hydrogen) atoms. The minimum Gasteiger partial charge on any atom is -0.469 e. The van der Waals surface area contributed by atoms with Crippen LogP contribution < -0.4 is 10.6 Å². The molecule has 0 aromatic rings. The Labute approximate surface area is 295 Å². The van der Waals surface area contributed by atoms with Gasteiger partial charge in [0, 0.05) is 18.9 Å². The number of rotatable bonds is 18. The number of esters is 2. The molecule has 2 unspecified atom stereocenters. The molecule has 5 rings (SSSR count). The van der Waals surface area contributed by atoms with E-state index >= 15 is 0 Å². The highest BCUT2D eigenvalue weighted by Gasteiger charge is 2.70. The van der Waals surface area contributed by atoms with E-state index in [0.717, 1.165) is 77.0 Å². The molecule has 0 amide bonds. The average molecular weight is 690 g/mol. The summed E-state index contributed by atoms with van der Waals surface area (Å²) in [6, 6.07) is 0.0947. The summed E-state index contributed by atoms with van der Waals surface area (Å²) in [6.45, 7) is 4.60. The molecule has 0 aromatic heterocycles. The molecule has 4 fully saturated rings. The van der Waals surface area contributed by atoms with E-state index in [2.05, 4.69) is 41.5 Å². The monoisotopic (exact) mass is 689 g/mol. The van der Waals surface area contributed by atoms with Crippen LogP contribution in [0.4, 0.5) is 0 Å². The summed E-state index contributed by atoms with van der Waals surface area (Å²) >= 11 is 0. The van der Waals surface area contributed by atoms with Crippen LogP contribution in [0.15, 0.2) is 12.2 Å². The summed E-state index contributed by atoms with van der Waals surface area (Å²) in [4.78, 5) is 27.3. The van der Waals surface area contributed by atoms with E-state index in [-0.39, 0.29) is 36.5 Å². The highest BCUT2D eigenvalue weighted by atomic mass is 16.6. The summed E-state index contributed by atoms with van der Waals surface area (Å²) < 4.78 is 24.1. The van der Waals surface area contributed by atoms with Crippen molar-refractivity contribution >= 4 is 11.9 Å².